The van der Waals surface area contributed by atoms with Crippen molar-refractivity contribution in [1.29, 1.82) is 0 Å². The molecule has 0 spiro atoms. The number of hydrogen-bond donors (Lipinski definition) is 0. The van der Waals surface area contributed by atoms with Crippen molar-refractivity contribution in [2.45, 2.75) is 33.1 Å². The van der Waals surface area contributed by atoms with E-state index in [1.54, 1.807) is 6.92 Å². The molecule has 1 rings (SSSR count). The van der Waals surface area contributed by atoms with E-state index in [-0.39, 0.29) is 24.6 Å². The largest absolute Gasteiger partial charge is 0.466 e. The van der Waals surface area contributed by atoms with E-state index in [1.165, 1.54) is 0 Å². The molecule has 0 amide bonds. The van der Waals surface area contributed by atoms with Crippen LogP contribution < -0.4 is 0 Å². The standard InChI is InChI=1S/C14H17BrO3/c1-3-18-14(17)7-5-12(16)9-11-4-6-13(15)10(2)8-11/h4,6,8H,3,5,7,9H2,1-2H3. The molecule has 0 aliphatic carbocycles. The number of halogens is 1. The summed E-state index contributed by atoms with van der Waals surface area (Å²) in [6.45, 7) is 4.10. The molecular formula is C14H17BrO3. The molecule has 0 aliphatic rings. The number of ether oxygens (including phenoxy) is 1. The maximum absolute atomic E-state index is 11.7. The Bertz CT molecular complexity index is 441. The molecule has 4 heteroatoms. The molecule has 3 nitrogen and oxygen atoms in total. The van der Waals surface area contributed by atoms with Gasteiger partial charge in [0.25, 0.3) is 0 Å². The molecule has 0 N–H and O–H groups in total. The number of esters is 1. The van der Waals surface area contributed by atoms with Crippen LogP contribution in [0.2, 0.25) is 0 Å². The number of Topliss-reactive ketones (excluding diaryl/α,β-unsaturated/α-hetero) is 1. The highest BCUT2D eigenvalue weighted by molar-refractivity contribution is 9.10. The summed E-state index contributed by atoms with van der Waals surface area (Å²) in [5, 5.41) is 0. The quantitative estimate of drug-likeness (QED) is 0.758. The minimum atomic E-state index is -0.308. The highest BCUT2D eigenvalue weighted by Crippen LogP contribution is 2.17. The van der Waals surface area contributed by atoms with Gasteiger partial charge in [-0.25, -0.2) is 0 Å². The fraction of sp³-hybridized carbons (Fsp3) is 0.429. The zero-order valence-corrected chi connectivity index (χ0v) is 12.2. The van der Waals surface area contributed by atoms with Crippen LogP contribution in [0.5, 0.6) is 0 Å². The average Bonchev–Trinajstić information content (AvgIpc) is 2.32. The second-order valence-electron chi connectivity index (χ2n) is 4.10. The first-order valence-corrected chi connectivity index (χ1v) is 6.74. The third-order valence-electron chi connectivity index (χ3n) is 2.54. The van der Waals surface area contributed by atoms with E-state index in [0.29, 0.717) is 13.0 Å². The van der Waals surface area contributed by atoms with E-state index in [1.807, 2.05) is 25.1 Å². The first-order chi connectivity index (χ1) is 8.52. The van der Waals surface area contributed by atoms with Crippen LogP contribution in [0.3, 0.4) is 0 Å². The second-order valence-corrected chi connectivity index (χ2v) is 4.96. The summed E-state index contributed by atoms with van der Waals surface area (Å²) in [6, 6.07) is 5.83. The molecule has 0 aromatic heterocycles. The number of carbonyl (C=O) groups excluding carboxylic acids is 2. The van der Waals surface area contributed by atoms with Gasteiger partial charge in [-0.05, 0) is 31.0 Å². The van der Waals surface area contributed by atoms with E-state index in [2.05, 4.69) is 15.9 Å². The van der Waals surface area contributed by atoms with Gasteiger partial charge < -0.3 is 4.74 Å². The van der Waals surface area contributed by atoms with Gasteiger partial charge in [-0.3, -0.25) is 9.59 Å². The molecule has 0 unspecified atom stereocenters. The zero-order valence-electron chi connectivity index (χ0n) is 10.7. The normalized spacial score (nSPS) is 10.2. The third-order valence-corrected chi connectivity index (χ3v) is 3.43. The number of hydrogen-bond acceptors (Lipinski definition) is 3. The zero-order chi connectivity index (χ0) is 13.5. The van der Waals surface area contributed by atoms with Gasteiger partial charge in [-0.1, -0.05) is 28.1 Å². The number of aryl methyl sites for hydroxylation is 1. The first-order valence-electron chi connectivity index (χ1n) is 5.95. The Morgan fingerprint density at radius 1 is 1.28 bits per heavy atom. The van der Waals surface area contributed by atoms with Crippen molar-refractivity contribution in [3.05, 3.63) is 33.8 Å². The van der Waals surface area contributed by atoms with E-state index in [0.717, 1.165) is 15.6 Å². The maximum Gasteiger partial charge on any atom is 0.306 e. The lowest BCUT2D eigenvalue weighted by Crippen LogP contribution is -2.09. The van der Waals surface area contributed by atoms with Crippen LogP contribution in [0.15, 0.2) is 22.7 Å². The highest BCUT2D eigenvalue weighted by Gasteiger charge is 2.09. The Hall–Kier alpha value is -1.16. The Morgan fingerprint density at radius 2 is 2.00 bits per heavy atom. The molecule has 0 bridgehead atoms. The number of benzene rings is 1. The van der Waals surface area contributed by atoms with Crippen LogP contribution in [0.4, 0.5) is 0 Å². The molecule has 0 saturated heterocycles. The van der Waals surface area contributed by atoms with E-state index < -0.39 is 0 Å². The Morgan fingerprint density at radius 3 is 2.61 bits per heavy atom. The molecule has 0 radical (unpaired) electrons. The Balaban J connectivity index is 2.44. The van der Waals surface area contributed by atoms with Gasteiger partial charge in [0.2, 0.25) is 0 Å². The summed E-state index contributed by atoms with van der Waals surface area (Å²) in [4.78, 5) is 22.8. The SMILES string of the molecule is CCOC(=O)CCC(=O)Cc1ccc(Br)c(C)c1. The van der Waals surface area contributed by atoms with Crippen LogP contribution in [0, 0.1) is 6.92 Å². The number of ketones is 1. The van der Waals surface area contributed by atoms with Gasteiger partial charge in [0.1, 0.15) is 5.78 Å². The van der Waals surface area contributed by atoms with Crippen LogP contribution in [-0.4, -0.2) is 18.4 Å². The highest BCUT2D eigenvalue weighted by atomic mass is 79.9. The van der Waals surface area contributed by atoms with Gasteiger partial charge in [0, 0.05) is 17.3 Å². The number of rotatable bonds is 6. The molecule has 98 valence electrons. The van der Waals surface area contributed by atoms with Gasteiger partial charge in [-0.2, -0.15) is 0 Å². The Kier molecular flexibility index (Phi) is 6.05. The average molecular weight is 313 g/mol. The van der Waals surface area contributed by atoms with Crippen LogP contribution in [0.25, 0.3) is 0 Å². The van der Waals surface area contributed by atoms with E-state index in [4.69, 9.17) is 4.74 Å². The lowest BCUT2D eigenvalue weighted by molar-refractivity contribution is -0.144. The van der Waals surface area contributed by atoms with E-state index >= 15 is 0 Å². The molecule has 0 fully saturated rings. The van der Waals surface area contributed by atoms with E-state index in [9.17, 15) is 9.59 Å². The minimum Gasteiger partial charge on any atom is -0.466 e. The van der Waals surface area contributed by atoms with Gasteiger partial charge in [0.05, 0.1) is 13.0 Å². The second kappa shape index (κ2) is 7.31. The summed E-state index contributed by atoms with van der Waals surface area (Å²) < 4.78 is 5.81. The molecule has 1 aromatic carbocycles. The summed E-state index contributed by atoms with van der Waals surface area (Å²) >= 11 is 3.42. The smallest absolute Gasteiger partial charge is 0.306 e. The summed E-state index contributed by atoms with van der Waals surface area (Å²) in [5.74, 6) is -0.248. The van der Waals surface area contributed by atoms with Crippen LogP contribution in [0.1, 0.15) is 30.9 Å². The van der Waals surface area contributed by atoms with Crippen LogP contribution >= 0.6 is 15.9 Å². The lowest BCUT2D eigenvalue weighted by atomic mass is 10.0. The van der Waals surface area contributed by atoms with Crippen molar-refractivity contribution >= 4 is 27.7 Å². The number of carbonyl (C=O) groups is 2. The fourth-order valence-electron chi connectivity index (χ4n) is 1.61. The molecule has 0 atom stereocenters. The van der Waals surface area contributed by atoms with Gasteiger partial charge in [0.15, 0.2) is 0 Å². The molecule has 0 heterocycles. The van der Waals surface area contributed by atoms with Crippen molar-refractivity contribution in [1.82, 2.24) is 0 Å². The third kappa shape index (κ3) is 5.00. The summed E-state index contributed by atoms with van der Waals surface area (Å²) in [6.07, 6.45) is 0.781. The minimum absolute atomic E-state index is 0.0600. The molecule has 18 heavy (non-hydrogen) atoms. The lowest BCUT2D eigenvalue weighted by Gasteiger charge is -2.04. The van der Waals surface area contributed by atoms with Crippen molar-refractivity contribution < 1.29 is 14.3 Å². The summed E-state index contributed by atoms with van der Waals surface area (Å²) in [5.41, 5.74) is 2.08. The molecule has 1 aromatic rings. The molecule has 0 aliphatic heterocycles. The summed E-state index contributed by atoms with van der Waals surface area (Å²) in [7, 11) is 0. The van der Waals surface area contributed by atoms with Crippen LogP contribution in [-0.2, 0) is 20.7 Å². The molecule has 0 saturated carbocycles. The predicted octanol–water partition coefficient (Wildman–Crippen LogP) is 3.21. The predicted molar refractivity (Wildman–Crippen MR) is 73.5 cm³/mol. The van der Waals surface area contributed by atoms with Crippen molar-refractivity contribution in [2.24, 2.45) is 0 Å². The monoisotopic (exact) mass is 312 g/mol. The van der Waals surface area contributed by atoms with Crippen molar-refractivity contribution in [2.75, 3.05) is 6.61 Å². The topological polar surface area (TPSA) is 43.4 Å². The first kappa shape index (κ1) is 14.9. The van der Waals surface area contributed by atoms with Gasteiger partial charge >= 0.3 is 5.97 Å². The fourth-order valence-corrected chi connectivity index (χ4v) is 1.85. The van der Waals surface area contributed by atoms with Crippen molar-refractivity contribution in [3.8, 4) is 0 Å². The Labute approximate surface area is 116 Å². The molecular weight excluding hydrogens is 296 g/mol. The maximum atomic E-state index is 11.7. The van der Waals surface area contributed by atoms with Crippen molar-refractivity contribution in [3.63, 3.8) is 0 Å². The van der Waals surface area contributed by atoms with Gasteiger partial charge in [-0.15, -0.1) is 0 Å².